The van der Waals surface area contributed by atoms with Gasteiger partial charge in [0.1, 0.15) is 6.61 Å². The monoisotopic (exact) mass is 248 g/mol. The SMILES string of the molecule is Cn1ccc(CC(CCOCC(F)F)NN)n1. The third kappa shape index (κ3) is 5.71. The van der Waals surface area contributed by atoms with Gasteiger partial charge in [-0.2, -0.15) is 5.10 Å². The molecule has 17 heavy (non-hydrogen) atoms. The first-order valence-electron chi connectivity index (χ1n) is 5.42. The smallest absolute Gasteiger partial charge is 0.261 e. The van der Waals surface area contributed by atoms with Crippen molar-refractivity contribution in [1.29, 1.82) is 0 Å². The van der Waals surface area contributed by atoms with E-state index in [1.807, 2.05) is 19.3 Å². The lowest BCUT2D eigenvalue weighted by atomic mass is 10.1. The number of rotatable bonds is 8. The Labute approximate surface area is 98.9 Å². The normalized spacial score (nSPS) is 13.2. The molecule has 1 aromatic heterocycles. The van der Waals surface area contributed by atoms with E-state index < -0.39 is 13.0 Å². The molecule has 1 aromatic rings. The van der Waals surface area contributed by atoms with Crippen LogP contribution in [0.3, 0.4) is 0 Å². The maximum absolute atomic E-state index is 11.8. The van der Waals surface area contributed by atoms with Gasteiger partial charge in [0.05, 0.1) is 5.69 Å². The predicted octanol–water partition coefficient (Wildman–Crippen LogP) is 0.466. The number of aryl methyl sites for hydroxylation is 1. The largest absolute Gasteiger partial charge is 0.375 e. The second kappa shape index (κ2) is 7.31. The third-order valence-corrected chi connectivity index (χ3v) is 2.31. The lowest BCUT2D eigenvalue weighted by Crippen LogP contribution is -2.37. The van der Waals surface area contributed by atoms with Crippen LogP contribution in [0.2, 0.25) is 0 Å². The van der Waals surface area contributed by atoms with Crippen LogP contribution < -0.4 is 11.3 Å². The minimum atomic E-state index is -2.42. The zero-order valence-corrected chi connectivity index (χ0v) is 9.77. The average molecular weight is 248 g/mol. The van der Waals surface area contributed by atoms with E-state index in [0.717, 1.165) is 5.69 Å². The molecule has 5 nitrogen and oxygen atoms in total. The van der Waals surface area contributed by atoms with E-state index in [1.165, 1.54) is 0 Å². The van der Waals surface area contributed by atoms with Crippen LogP contribution in [0, 0.1) is 0 Å². The fourth-order valence-corrected chi connectivity index (χ4v) is 1.47. The van der Waals surface area contributed by atoms with Crippen LogP contribution in [0.1, 0.15) is 12.1 Å². The van der Waals surface area contributed by atoms with Crippen LogP contribution in [0.5, 0.6) is 0 Å². The van der Waals surface area contributed by atoms with E-state index in [-0.39, 0.29) is 12.6 Å². The maximum Gasteiger partial charge on any atom is 0.261 e. The Bertz CT molecular complexity index is 319. The van der Waals surface area contributed by atoms with Gasteiger partial charge in [0, 0.05) is 32.3 Å². The summed E-state index contributed by atoms with van der Waals surface area (Å²) in [6.07, 6.45) is 0.640. The highest BCUT2D eigenvalue weighted by atomic mass is 19.3. The van der Waals surface area contributed by atoms with Gasteiger partial charge >= 0.3 is 0 Å². The predicted molar refractivity (Wildman–Crippen MR) is 59.5 cm³/mol. The molecule has 0 aliphatic rings. The summed E-state index contributed by atoms with van der Waals surface area (Å²) in [6.45, 7) is -0.271. The Balaban J connectivity index is 2.24. The summed E-state index contributed by atoms with van der Waals surface area (Å²) in [5.74, 6) is 5.38. The minimum absolute atomic E-state index is 0.0254. The highest BCUT2D eigenvalue weighted by Gasteiger charge is 2.10. The van der Waals surface area contributed by atoms with Crippen molar-refractivity contribution in [1.82, 2.24) is 15.2 Å². The van der Waals surface area contributed by atoms with E-state index in [4.69, 9.17) is 10.6 Å². The van der Waals surface area contributed by atoms with E-state index >= 15 is 0 Å². The molecule has 0 aromatic carbocycles. The van der Waals surface area contributed by atoms with Gasteiger partial charge in [0.2, 0.25) is 0 Å². The van der Waals surface area contributed by atoms with Crippen molar-refractivity contribution in [3.63, 3.8) is 0 Å². The molecule has 0 saturated carbocycles. The number of nitrogens with two attached hydrogens (primary N) is 1. The van der Waals surface area contributed by atoms with Gasteiger partial charge in [-0.1, -0.05) is 0 Å². The van der Waals surface area contributed by atoms with Crippen LogP contribution in [-0.2, 0) is 18.2 Å². The Kier molecular flexibility index (Phi) is 6.03. The van der Waals surface area contributed by atoms with Crippen molar-refractivity contribution in [3.8, 4) is 0 Å². The summed E-state index contributed by atoms with van der Waals surface area (Å²) in [4.78, 5) is 0. The molecule has 1 heterocycles. The van der Waals surface area contributed by atoms with Gasteiger partial charge in [-0.15, -0.1) is 0 Å². The molecule has 0 amide bonds. The summed E-state index contributed by atoms with van der Waals surface area (Å²) in [5.41, 5.74) is 3.54. The molecular weight excluding hydrogens is 230 g/mol. The number of hydrazine groups is 1. The molecule has 0 fully saturated rings. The molecule has 0 aliphatic carbocycles. The maximum atomic E-state index is 11.8. The highest BCUT2D eigenvalue weighted by Crippen LogP contribution is 2.03. The molecule has 98 valence electrons. The molecule has 0 saturated heterocycles. The third-order valence-electron chi connectivity index (χ3n) is 2.31. The fourth-order valence-electron chi connectivity index (χ4n) is 1.47. The number of aromatic nitrogens is 2. The molecule has 3 N–H and O–H groups in total. The van der Waals surface area contributed by atoms with Crippen LogP contribution in [-0.4, -0.2) is 35.5 Å². The molecule has 7 heteroatoms. The van der Waals surface area contributed by atoms with Crippen molar-refractivity contribution < 1.29 is 13.5 Å². The molecule has 0 bridgehead atoms. The Morgan fingerprint density at radius 3 is 2.88 bits per heavy atom. The van der Waals surface area contributed by atoms with Crippen molar-refractivity contribution in [2.24, 2.45) is 12.9 Å². The van der Waals surface area contributed by atoms with E-state index in [2.05, 4.69) is 10.5 Å². The van der Waals surface area contributed by atoms with Crippen LogP contribution in [0.25, 0.3) is 0 Å². The Morgan fingerprint density at radius 2 is 2.35 bits per heavy atom. The van der Waals surface area contributed by atoms with Crippen molar-refractivity contribution in [3.05, 3.63) is 18.0 Å². The zero-order valence-electron chi connectivity index (χ0n) is 9.77. The van der Waals surface area contributed by atoms with Crippen molar-refractivity contribution in [2.45, 2.75) is 25.3 Å². The number of hydrogen-bond donors (Lipinski definition) is 2. The summed E-state index contributed by atoms with van der Waals surface area (Å²) in [5, 5.41) is 4.22. The summed E-state index contributed by atoms with van der Waals surface area (Å²) < 4.78 is 30.1. The van der Waals surface area contributed by atoms with Crippen LogP contribution >= 0.6 is 0 Å². The molecule has 0 aliphatic heterocycles. The van der Waals surface area contributed by atoms with Gasteiger partial charge in [-0.3, -0.25) is 16.0 Å². The molecule has 1 atom stereocenters. The molecule has 1 unspecified atom stereocenters. The van der Waals surface area contributed by atoms with Crippen molar-refractivity contribution >= 4 is 0 Å². The molecule has 0 radical (unpaired) electrons. The Hall–Kier alpha value is -1.05. The second-order valence-corrected chi connectivity index (χ2v) is 3.80. The van der Waals surface area contributed by atoms with E-state index in [9.17, 15) is 8.78 Å². The lowest BCUT2D eigenvalue weighted by Gasteiger charge is -2.14. The van der Waals surface area contributed by atoms with Crippen molar-refractivity contribution in [2.75, 3.05) is 13.2 Å². The molecule has 1 rings (SSSR count). The quantitative estimate of drug-likeness (QED) is 0.399. The standard InChI is InChI=1S/C10H18F2N4O/c1-16-4-2-9(15-16)6-8(14-13)3-5-17-7-10(11)12/h2,4,8,10,14H,3,5-7,13H2,1H3. The zero-order chi connectivity index (χ0) is 12.7. The average Bonchev–Trinajstić information content (AvgIpc) is 2.68. The van der Waals surface area contributed by atoms with Gasteiger partial charge in [-0.25, -0.2) is 8.78 Å². The highest BCUT2D eigenvalue weighted by molar-refractivity contribution is 5.01. The Morgan fingerprint density at radius 1 is 1.59 bits per heavy atom. The second-order valence-electron chi connectivity index (χ2n) is 3.80. The molecular formula is C10H18F2N4O. The number of alkyl halides is 2. The number of nitrogens with zero attached hydrogens (tertiary/aromatic N) is 2. The van der Waals surface area contributed by atoms with Gasteiger partial charge in [0.25, 0.3) is 6.43 Å². The topological polar surface area (TPSA) is 65.1 Å². The van der Waals surface area contributed by atoms with Gasteiger partial charge in [0.15, 0.2) is 0 Å². The first-order valence-corrected chi connectivity index (χ1v) is 5.42. The fraction of sp³-hybridized carbons (Fsp3) is 0.700. The summed E-state index contributed by atoms with van der Waals surface area (Å²) in [7, 11) is 1.83. The summed E-state index contributed by atoms with van der Waals surface area (Å²) in [6, 6.07) is 1.87. The van der Waals surface area contributed by atoms with Crippen LogP contribution in [0.4, 0.5) is 8.78 Å². The number of nitrogens with one attached hydrogen (secondary N) is 1. The lowest BCUT2D eigenvalue weighted by molar-refractivity contribution is 0.0144. The van der Waals surface area contributed by atoms with Gasteiger partial charge < -0.3 is 4.74 Å². The minimum Gasteiger partial charge on any atom is -0.375 e. The van der Waals surface area contributed by atoms with E-state index in [1.54, 1.807) is 4.68 Å². The molecule has 0 spiro atoms. The first kappa shape index (κ1) is 14.0. The number of halogens is 2. The number of hydrogen-bond acceptors (Lipinski definition) is 4. The number of ether oxygens (including phenoxy) is 1. The first-order chi connectivity index (χ1) is 8.11. The summed E-state index contributed by atoms with van der Waals surface area (Å²) >= 11 is 0. The van der Waals surface area contributed by atoms with E-state index in [0.29, 0.717) is 12.8 Å². The van der Waals surface area contributed by atoms with Crippen LogP contribution in [0.15, 0.2) is 12.3 Å². The van der Waals surface area contributed by atoms with Gasteiger partial charge in [-0.05, 0) is 12.5 Å².